The highest BCUT2D eigenvalue weighted by Crippen LogP contribution is 2.31. The number of hydrogen-bond donors (Lipinski definition) is 1. The van der Waals surface area contributed by atoms with Crippen LogP contribution in [0, 0.1) is 6.92 Å². The fourth-order valence-corrected chi connectivity index (χ4v) is 3.58. The molecule has 1 N–H and O–H groups in total. The van der Waals surface area contributed by atoms with E-state index in [4.69, 9.17) is 9.15 Å². The molecule has 1 atom stereocenters. The highest BCUT2D eigenvalue weighted by Gasteiger charge is 2.20. The number of fused-ring (bicyclic) bond motifs is 3. The molecule has 0 unspecified atom stereocenters. The van der Waals surface area contributed by atoms with Crippen LogP contribution in [0.4, 0.5) is 0 Å². The standard InChI is InChI=1S/C18H17NO5S/c1-4-23-17(21)10(3)19-16(20)14-8-12-15(25-14)11-7-9(2)5-6-13(11)24-18(12)22/h5-8,10H,4H2,1-3H3,(H,19,20)/t10-/m0/s1. The molecule has 2 heterocycles. The zero-order valence-corrected chi connectivity index (χ0v) is 14.9. The molecule has 0 aliphatic carbocycles. The molecule has 1 amide bonds. The van der Waals surface area contributed by atoms with E-state index in [1.807, 2.05) is 19.1 Å². The third-order valence-electron chi connectivity index (χ3n) is 3.75. The largest absolute Gasteiger partial charge is 0.464 e. The third kappa shape index (κ3) is 3.28. The lowest BCUT2D eigenvalue weighted by molar-refractivity contribution is -0.144. The van der Waals surface area contributed by atoms with Gasteiger partial charge in [0.2, 0.25) is 0 Å². The van der Waals surface area contributed by atoms with Gasteiger partial charge in [-0.05, 0) is 39.0 Å². The number of hydrogen-bond acceptors (Lipinski definition) is 6. The van der Waals surface area contributed by atoms with E-state index in [9.17, 15) is 14.4 Å². The molecule has 0 radical (unpaired) electrons. The van der Waals surface area contributed by atoms with Crippen molar-refractivity contribution < 1.29 is 18.7 Å². The summed E-state index contributed by atoms with van der Waals surface area (Å²) in [7, 11) is 0. The van der Waals surface area contributed by atoms with E-state index in [-0.39, 0.29) is 6.61 Å². The molecule has 130 valence electrons. The molecule has 0 bridgehead atoms. The molecule has 0 spiro atoms. The summed E-state index contributed by atoms with van der Waals surface area (Å²) in [5.41, 5.74) is 1.02. The molecule has 0 aliphatic rings. The maximum atomic E-state index is 12.4. The average Bonchev–Trinajstić information content (AvgIpc) is 3.02. The van der Waals surface area contributed by atoms with Crippen molar-refractivity contribution in [2.75, 3.05) is 6.61 Å². The second kappa shape index (κ2) is 6.68. The summed E-state index contributed by atoms with van der Waals surface area (Å²) in [5.74, 6) is -0.931. The highest BCUT2D eigenvalue weighted by atomic mass is 32.1. The van der Waals surface area contributed by atoms with Crippen molar-refractivity contribution in [1.82, 2.24) is 5.32 Å². The Labute approximate surface area is 147 Å². The number of thiophene rings is 1. The molecule has 0 saturated carbocycles. The predicted molar refractivity (Wildman–Crippen MR) is 96.2 cm³/mol. The number of rotatable bonds is 4. The van der Waals surface area contributed by atoms with Gasteiger partial charge in [0.15, 0.2) is 0 Å². The molecule has 6 nitrogen and oxygen atoms in total. The first-order valence-electron chi connectivity index (χ1n) is 7.85. The molecule has 25 heavy (non-hydrogen) atoms. The van der Waals surface area contributed by atoms with Gasteiger partial charge in [0.05, 0.1) is 21.6 Å². The van der Waals surface area contributed by atoms with Crippen LogP contribution in [0.1, 0.15) is 29.1 Å². The first kappa shape index (κ1) is 17.2. The van der Waals surface area contributed by atoms with E-state index in [0.717, 1.165) is 10.9 Å². The summed E-state index contributed by atoms with van der Waals surface area (Å²) in [6, 6.07) is 6.25. The SMILES string of the molecule is CCOC(=O)[C@H](C)NC(=O)c1cc2c(=O)oc3ccc(C)cc3c2s1. The topological polar surface area (TPSA) is 85.6 Å². The smallest absolute Gasteiger partial charge is 0.345 e. The Kier molecular flexibility index (Phi) is 4.59. The molecular weight excluding hydrogens is 342 g/mol. The summed E-state index contributed by atoms with van der Waals surface area (Å²) in [6.07, 6.45) is 0. The average molecular weight is 359 g/mol. The minimum absolute atomic E-state index is 0.244. The summed E-state index contributed by atoms with van der Waals surface area (Å²) in [5, 5.41) is 3.73. The van der Waals surface area contributed by atoms with Gasteiger partial charge in [-0.15, -0.1) is 11.3 Å². The fraction of sp³-hybridized carbons (Fsp3) is 0.278. The molecule has 7 heteroatoms. The van der Waals surface area contributed by atoms with Crippen LogP contribution in [-0.4, -0.2) is 24.5 Å². The van der Waals surface area contributed by atoms with Crippen LogP contribution >= 0.6 is 11.3 Å². The van der Waals surface area contributed by atoms with Crippen molar-refractivity contribution in [1.29, 1.82) is 0 Å². The maximum absolute atomic E-state index is 12.4. The van der Waals surface area contributed by atoms with Crippen molar-refractivity contribution in [3.8, 4) is 0 Å². The molecule has 3 aromatic rings. The number of esters is 1. The minimum atomic E-state index is -0.770. The van der Waals surface area contributed by atoms with Crippen LogP contribution in [-0.2, 0) is 9.53 Å². The van der Waals surface area contributed by atoms with Gasteiger partial charge in [-0.2, -0.15) is 0 Å². The Balaban J connectivity index is 2.01. The summed E-state index contributed by atoms with van der Waals surface area (Å²) < 4.78 is 10.9. The lowest BCUT2D eigenvalue weighted by atomic mass is 10.1. The first-order valence-corrected chi connectivity index (χ1v) is 8.67. The molecule has 1 aromatic carbocycles. The van der Waals surface area contributed by atoms with E-state index in [1.165, 1.54) is 17.4 Å². The van der Waals surface area contributed by atoms with Crippen LogP contribution < -0.4 is 10.9 Å². The molecule has 2 aromatic heterocycles. The molecule has 0 fully saturated rings. The lowest BCUT2D eigenvalue weighted by Crippen LogP contribution is -2.39. The second-order valence-corrected chi connectivity index (χ2v) is 6.74. The molecular formula is C18H17NO5S. The van der Waals surface area contributed by atoms with Crippen molar-refractivity contribution in [2.24, 2.45) is 0 Å². The van der Waals surface area contributed by atoms with Gasteiger partial charge in [-0.25, -0.2) is 9.59 Å². The normalized spacial score (nSPS) is 12.3. The van der Waals surface area contributed by atoms with E-state index < -0.39 is 23.5 Å². The van der Waals surface area contributed by atoms with Crippen LogP contribution in [0.3, 0.4) is 0 Å². The van der Waals surface area contributed by atoms with Gasteiger partial charge in [0.25, 0.3) is 5.91 Å². The zero-order valence-electron chi connectivity index (χ0n) is 14.0. The number of ether oxygens (including phenoxy) is 1. The van der Waals surface area contributed by atoms with Crippen LogP contribution in [0.2, 0.25) is 0 Å². The number of carbonyl (C=O) groups excluding carboxylic acids is 2. The van der Waals surface area contributed by atoms with E-state index in [2.05, 4.69) is 5.32 Å². The molecule has 0 saturated heterocycles. The van der Waals surface area contributed by atoms with E-state index in [0.29, 0.717) is 20.5 Å². The maximum Gasteiger partial charge on any atom is 0.345 e. The minimum Gasteiger partial charge on any atom is -0.464 e. The van der Waals surface area contributed by atoms with Gasteiger partial charge in [0.1, 0.15) is 11.6 Å². The zero-order chi connectivity index (χ0) is 18.1. The summed E-state index contributed by atoms with van der Waals surface area (Å²) >= 11 is 1.20. The number of aryl methyl sites for hydroxylation is 1. The highest BCUT2D eigenvalue weighted by molar-refractivity contribution is 7.21. The van der Waals surface area contributed by atoms with Crippen molar-refractivity contribution >= 4 is 44.3 Å². The van der Waals surface area contributed by atoms with Gasteiger partial charge in [0, 0.05) is 5.39 Å². The number of nitrogens with one attached hydrogen (secondary N) is 1. The number of benzene rings is 1. The van der Waals surface area contributed by atoms with E-state index >= 15 is 0 Å². The van der Waals surface area contributed by atoms with Crippen molar-refractivity contribution in [3.05, 3.63) is 45.1 Å². The first-order chi connectivity index (χ1) is 11.9. The van der Waals surface area contributed by atoms with Gasteiger partial charge < -0.3 is 14.5 Å². The van der Waals surface area contributed by atoms with E-state index in [1.54, 1.807) is 19.9 Å². The monoisotopic (exact) mass is 359 g/mol. The fourth-order valence-electron chi connectivity index (χ4n) is 2.51. The Morgan fingerprint density at radius 1 is 1.28 bits per heavy atom. The molecule has 3 rings (SSSR count). The van der Waals surface area contributed by atoms with Crippen LogP contribution in [0.15, 0.2) is 33.5 Å². The molecule has 0 aliphatic heterocycles. The van der Waals surface area contributed by atoms with Gasteiger partial charge >= 0.3 is 11.6 Å². The van der Waals surface area contributed by atoms with Crippen molar-refractivity contribution in [3.63, 3.8) is 0 Å². The number of carbonyl (C=O) groups is 2. The lowest BCUT2D eigenvalue weighted by Gasteiger charge is -2.11. The summed E-state index contributed by atoms with van der Waals surface area (Å²) in [6.45, 7) is 5.44. The quantitative estimate of drug-likeness (QED) is 0.572. The van der Waals surface area contributed by atoms with Gasteiger partial charge in [-0.3, -0.25) is 4.79 Å². The number of amides is 1. The van der Waals surface area contributed by atoms with Crippen molar-refractivity contribution in [2.45, 2.75) is 26.8 Å². The second-order valence-electron chi connectivity index (χ2n) is 5.69. The Bertz CT molecular complexity index is 1030. The van der Waals surface area contributed by atoms with Crippen LogP contribution in [0.25, 0.3) is 21.1 Å². The van der Waals surface area contributed by atoms with Crippen LogP contribution in [0.5, 0.6) is 0 Å². The Morgan fingerprint density at radius 3 is 2.76 bits per heavy atom. The Hall–Kier alpha value is -2.67. The summed E-state index contributed by atoms with van der Waals surface area (Å²) in [4.78, 5) is 36.6. The predicted octanol–water partition coefficient (Wildman–Crippen LogP) is 3.00. The Morgan fingerprint density at radius 2 is 2.04 bits per heavy atom. The van der Waals surface area contributed by atoms with Gasteiger partial charge in [-0.1, -0.05) is 11.6 Å². The third-order valence-corrected chi connectivity index (χ3v) is 4.91.